The highest BCUT2D eigenvalue weighted by Gasteiger charge is 2.67. The van der Waals surface area contributed by atoms with E-state index >= 15 is 0 Å². The Morgan fingerprint density at radius 1 is 1.14 bits per heavy atom. The van der Waals surface area contributed by atoms with E-state index in [4.69, 9.17) is 15.2 Å². The van der Waals surface area contributed by atoms with Crippen LogP contribution >= 0.6 is 0 Å². The minimum absolute atomic E-state index is 0.0609. The number of nitrogens with one attached hydrogen (secondary N) is 1. The van der Waals surface area contributed by atoms with Gasteiger partial charge in [-0.2, -0.15) is 0 Å². The number of fused-ring (bicyclic) bond motifs is 1. The number of carbonyl (C=O) groups excluding carboxylic acids is 3. The third kappa shape index (κ3) is 6.52. The molecule has 260 valence electrons. The maximum atomic E-state index is 14.8. The minimum atomic E-state index is -3.91. The molecule has 3 amide bonds. The molecule has 3 N–H and O–H groups in total. The predicted molar refractivity (Wildman–Crippen MR) is 183 cm³/mol. The number of ether oxygens (including phenoxy) is 2. The zero-order chi connectivity index (χ0) is 35.2. The molecule has 2 aliphatic carbocycles. The second-order valence-electron chi connectivity index (χ2n) is 13.5. The monoisotopic (exact) mass is 690 g/mol. The Balaban J connectivity index is 1.41. The zero-order valence-electron chi connectivity index (χ0n) is 28.0. The van der Waals surface area contributed by atoms with Crippen LogP contribution in [0.4, 0.5) is 5.82 Å². The predicted octanol–water partition coefficient (Wildman–Crippen LogP) is 2.86. The number of amides is 3. The smallest absolute Gasteiger partial charge is 0.254 e. The number of nitrogens with two attached hydrogens (primary N) is 1. The number of sulfonamides is 1. The van der Waals surface area contributed by atoms with Crippen LogP contribution in [0.1, 0.15) is 45.1 Å². The van der Waals surface area contributed by atoms with Gasteiger partial charge in [0.25, 0.3) is 17.7 Å². The molecule has 1 aromatic carbocycles. The van der Waals surface area contributed by atoms with Crippen molar-refractivity contribution in [1.82, 2.24) is 19.6 Å². The standard InChI is InChI=1S/C35H42N6O7S/c1-6-23-18-35(23,34(44)39-49(45,46)26-8-9-26)40-19-25(48-31-27-10-7-24(47-5)16-22(27)12-14-38-31)17-28(40)32(42)41(33(43)30(36)20(2)3)29-15-21(4)11-13-37-29/h6-7,10-16,20,23,25-26,28,30H,1,8-9,17-19,36H2,2-5H3,(H,39,44)/t23-,25-,28+,30+,35-/m1/s1. The van der Waals surface area contributed by atoms with E-state index in [9.17, 15) is 22.8 Å². The van der Waals surface area contributed by atoms with Crippen molar-refractivity contribution in [2.75, 3.05) is 18.6 Å². The molecule has 3 fully saturated rings. The summed E-state index contributed by atoms with van der Waals surface area (Å²) in [6.45, 7) is 9.35. The molecular weight excluding hydrogens is 648 g/mol. The van der Waals surface area contributed by atoms with Gasteiger partial charge in [0.1, 0.15) is 23.2 Å². The average Bonchev–Trinajstić information content (AvgIpc) is 4.00. The Kier molecular flexibility index (Phi) is 9.24. The number of aromatic nitrogens is 2. The number of pyridine rings is 2. The van der Waals surface area contributed by atoms with E-state index in [1.165, 1.54) is 6.20 Å². The number of methoxy groups -OCH3 is 1. The second kappa shape index (κ2) is 13.1. The van der Waals surface area contributed by atoms with Gasteiger partial charge in [-0.25, -0.2) is 23.3 Å². The molecule has 49 heavy (non-hydrogen) atoms. The van der Waals surface area contributed by atoms with Crippen molar-refractivity contribution in [2.45, 2.75) is 75.4 Å². The van der Waals surface area contributed by atoms with E-state index < -0.39 is 62.6 Å². The first-order valence-corrected chi connectivity index (χ1v) is 18.0. The van der Waals surface area contributed by atoms with Gasteiger partial charge >= 0.3 is 0 Å². The molecule has 0 bridgehead atoms. The Morgan fingerprint density at radius 3 is 2.51 bits per heavy atom. The van der Waals surface area contributed by atoms with E-state index in [-0.39, 0.29) is 31.1 Å². The van der Waals surface area contributed by atoms with Gasteiger partial charge in [-0.3, -0.25) is 24.0 Å². The first-order chi connectivity index (χ1) is 23.3. The molecule has 3 aliphatic rings. The van der Waals surface area contributed by atoms with Crippen molar-refractivity contribution >= 4 is 44.3 Å². The maximum Gasteiger partial charge on any atom is 0.254 e. The lowest BCUT2D eigenvalue weighted by atomic mass is 10.0. The lowest BCUT2D eigenvalue weighted by molar-refractivity contribution is -0.133. The van der Waals surface area contributed by atoms with Gasteiger partial charge < -0.3 is 15.2 Å². The summed E-state index contributed by atoms with van der Waals surface area (Å²) in [5.74, 6) is -1.69. The number of aryl methyl sites for hydroxylation is 1. The number of likely N-dealkylation sites (tertiary alicyclic amines) is 1. The molecule has 13 nitrogen and oxygen atoms in total. The number of imide groups is 1. The van der Waals surface area contributed by atoms with Gasteiger partial charge in [0.05, 0.1) is 24.4 Å². The summed E-state index contributed by atoms with van der Waals surface area (Å²) in [5, 5.41) is 0.911. The SMILES string of the molecule is C=C[C@@H]1C[C@@]1(C(=O)NS(=O)(=O)C1CC1)N1C[C@H](Oc2nccc3cc(OC)ccc23)C[C@H]1C(=O)N(C(=O)[C@@H](N)C(C)C)c1cc(C)ccn1. The number of hydrogen-bond donors (Lipinski definition) is 2. The number of nitrogens with zero attached hydrogens (tertiary/aromatic N) is 4. The highest BCUT2D eigenvalue weighted by Crippen LogP contribution is 2.53. The summed E-state index contributed by atoms with van der Waals surface area (Å²) in [5.41, 5.74) is 5.68. The van der Waals surface area contributed by atoms with E-state index in [1.54, 1.807) is 56.3 Å². The molecule has 5 atom stereocenters. The number of rotatable bonds is 12. The Bertz CT molecular complexity index is 1920. The van der Waals surface area contributed by atoms with Gasteiger partial charge in [0, 0.05) is 36.7 Å². The fraction of sp³-hybridized carbons (Fsp3) is 0.457. The maximum absolute atomic E-state index is 14.8. The highest BCUT2D eigenvalue weighted by atomic mass is 32.2. The van der Waals surface area contributed by atoms with Crippen molar-refractivity contribution in [2.24, 2.45) is 17.6 Å². The average molecular weight is 691 g/mol. The third-order valence-electron chi connectivity index (χ3n) is 9.71. The topological polar surface area (TPSA) is 174 Å². The number of anilines is 1. The highest BCUT2D eigenvalue weighted by molar-refractivity contribution is 7.91. The first-order valence-electron chi connectivity index (χ1n) is 16.4. The van der Waals surface area contributed by atoms with Gasteiger partial charge in [-0.1, -0.05) is 19.9 Å². The molecule has 6 rings (SSSR count). The lowest BCUT2D eigenvalue weighted by Crippen LogP contribution is -2.60. The number of carbonyl (C=O) groups is 3. The summed E-state index contributed by atoms with van der Waals surface area (Å²) < 4.78 is 40.1. The molecule has 2 aromatic heterocycles. The van der Waals surface area contributed by atoms with Crippen molar-refractivity contribution in [1.29, 1.82) is 0 Å². The van der Waals surface area contributed by atoms with E-state index in [2.05, 4.69) is 21.3 Å². The van der Waals surface area contributed by atoms with Crippen molar-refractivity contribution < 1.29 is 32.3 Å². The fourth-order valence-corrected chi connectivity index (χ4v) is 7.94. The van der Waals surface area contributed by atoms with Crippen LogP contribution in [0.3, 0.4) is 0 Å². The summed E-state index contributed by atoms with van der Waals surface area (Å²) in [6.07, 6.45) is 5.27. The largest absolute Gasteiger partial charge is 0.497 e. The van der Waals surface area contributed by atoms with Gasteiger partial charge in [-0.05, 0) is 79.5 Å². The minimum Gasteiger partial charge on any atom is -0.497 e. The summed E-state index contributed by atoms with van der Waals surface area (Å²) in [7, 11) is -2.33. The van der Waals surface area contributed by atoms with Crippen molar-refractivity contribution in [3.63, 3.8) is 0 Å². The first kappa shape index (κ1) is 34.5. The van der Waals surface area contributed by atoms with Crippen LogP contribution in [-0.4, -0.2) is 83.6 Å². The molecule has 2 saturated carbocycles. The van der Waals surface area contributed by atoms with Crippen molar-refractivity contribution in [3.8, 4) is 11.6 Å². The molecule has 1 aliphatic heterocycles. The van der Waals surface area contributed by atoms with Crippen LogP contribution in [-0.2, 0) is 24.4 Å². The normalized spacial score (nSPS) is 24.3. The van der Waals surface area contributed by atoms with Crippen LogP contribution in [0.2, 0.25) is 0 Å². The van der Waals surface area contributed by atoms with Gasteiger partial charge in [0.15, 0.2) is 0 Å². The van der Waals surface area contributed by atoms with E-state index in [0.29, 0.717) is 29.9 Å². The van der Waals surface area contributed by atoms with Crippen LogP contribution in [0.25, 0.3) is 10.8 Å². The van der Waals surface area contributed by atoms with Crippen LogP contribution < -0.4 is 24.8 Å². The molecule has 1 saturated heterocycles. The Hall–Kier alpha value is -4.40. The third-order valence-corrected chi connectivity index (χ3v) is 11.5. The Labute approximate surface area is 285 Å². The molecule has 14 heteroatoms. The summed E-state index contributed by atoms with van der Waals surface area (Å²) in [6, 6.07) is 8.56. The van der Waals surface area contributed by atoms with Crippen LogP contribution in [0, 0.1) is 18.8 Å². The fourth-order valence-electron chi connectivity index (χ4n) is 6.58. The molecular formula is C35H42N6O7S. The number of benzene rings is 1. The Morgan fingerprint density at radius 2 is 1.88 bits per heavy atom. The van der Waals surface area contributed by atoms with Crippen LogP contribution in [0.15, 0.2) is 61.4 Å². The van der Waals surface area contributed by atoms with Crippen molar-refractivity contribution in [3.05, 3.63) is 67.0 Å². The van der Waals surface area contributed by atoms with Gasteiger partial charge in [0.2, 0.25) is 15.9 Å². The lowest BCUT2D eigenvalue weighted by Gasteiger charge is -2.35. The second-order valence-corrected chi connectivity index (χ2v) is 15.4. The summed E-state index contributed by atoms with van der Waals surface area (Å²) in [4.78, 5) is 54.3. The zero-order valence-corrected chi connectivity index (χ0v) is 28.9. The van der Waals surface area contributed by atoms with E-state index in [0.717, 1.165) is 15.8 Å². The molecule has 3 aromatic rings. The molecule has 3 heterocycles. The number of hydrogen-bond acceptors (Lipinski definition) is 11. The van der Waals surface area contributed by atoms with Crippen LogP contribution in [0.5, 0.6) is 11.6 Å². The molecule has 0 unspecified atom stereocenters. The van der Waals surface area contributed by atoms with Gasteiger partial charge in [-0.15, -0.1) is 6.58 Å². The molecule has 0 radical (unpaired) electrons. The quantitative estimate of drug-likeness (QED) is 0.268. The molecule has 0 spiro atoms. The van der Waals surface area contributed by atoms with E-state index in [1.807, 2.05) is 25.1 Å². The summed E-state index contributed by atoms with van der Waals surface area (Å²) >= 11 is 0.